The number of esters is 1. The molecule has 0 saturated heterocycles. The van der Waals surface area contributed by atoms with E-state index in [0.29, 0.717) is 23.9 Å². The molecule has 1 aromatic heterocycles. The van der Waals surface area contributed by atoms with Crippen molar-refractivity contribution in [3.05, 3.63) is 60.0 Å². The van der Waals surface area contributed by atoms with Gasteiger partial charge in [0.1, 0.15) is 0 Å². The second kappa shape index (κ2) is 11.4. The number of aromatic nitrogens is 2. The molecule has 0 atom stereocenters. The van der Waals surface area contributed by atoms with Crippen LogP contribution in [0.3, 0.4) is 0 Å². The minimum absolute atomic E-state index is 0.0474. The summed E-state index contributed by atoms with van der Waals surface area (Å²) < 4.78 is 38.0. The number of nitrogens with one attached hydrogen (secondary N) is 2. The van der Waals surface area contributed by atoms with Crippen LogP contribution >= 0.6 is 0 Å². The second-order valence-corrected chi connectivity index (χ2v) is 10.5. The van der Waals surface area contributed by atoms with Gasteiger partial charge in [-0.3, -0.25) is 9.59 Å². The zero-order chi connectivity index (χ0) is 26.4. The van der Waals surface area contributed by atoms with Crippen molar-refractivity contribution in [2.24, 2.45) is 5.92 Å². The number of amides is 1. The summed E-state index contributed by atoms with van der Waals surface area (Å²) in [6.45, 7) is 0. The lowest BCUT2D eigenvalue weighted by molar-refractivity contribution is -0.142. The number of hydrogen-bond donors (Lipinski definition) is 2. The highest BCUT2D eigenvalue weighted by molar-refractivity contribution is 7.86. The van der Waals surface area contributed by atoms with Crippen molar-refractivity contribution in [1.82, 2.24) is 10.2 Å². The Kier molecular flexibility index (Phi) is 8.07. The van der Waals surface area contributed by atoms with Crippen molar-refractivity contribution < 1.29 is 31.3 Å². The SMILES string of the molecule is COC(=O)CC1CCC(c2ccc(NC(=O)c3nnc(Nc4ccccc4OS(C)(=O)=O)o3)cc2)CC1. The highest BCUT2D eigenvalue weighted by Gasteiger charge is 2.24. The highest BCUT2D eigenvalue weighted by atomic mass is 32.2. The number of anilines is 3. The van der Waals surface area contributed by atoms with Gasteiger partial charge in [-0.05, 0) is 67.3 Å². The number of carbonyl (C=O) groups is 2. The van der Waals surface area contributed by atoms with Gasteiger partial charge in [-0.2, -0.15) is 8.42 Å². The molecule has 1 aliphatic carbocycles. The number of nitrogens with zero attached hydrogens (tertiary/aromatic N) is 2. The van der Waals surface area contributed by atoms with Gasteiger partial charge < -0.3 is 24.0 Å². The molecule has 1 saturated carbocycles. The predicted octanol–water partition coefficient (Wildman–Crippen LogP) is 4.24. The first-order chi connectivity index (χ1) is 17.7. The van der Waals surface area contributed by atoms with Gasteiger partial charge in [-0.1, -0.05) is 29.4 Å². The van der Waals surface area contributed by atoms with E-state index in [1.165, 1.54) is 18.7 Å². The standard InChI is InChI=1S/C25H28N4O7S/c1-34-22(30)15-16-7-9-17(10-8-16)18-11-13-19(14-12-18)26-23(31)24-28-29-25(35-24)27-20-5-3-4-6-21(20)36-37(2,32)33/h3-6,11-14,16-17H,7-10,15H2,1-2H3,(H,26,31)(H,27,29). The van der Waals surface area contributed by atoms with Crippen LogP contribution < -0.4 is 14.8 Å². The zero-order valence-corrected chi connectivity index (χ0v) is 21.3. The number of hydrogen-bond acceptors (Lipinski definition) is 10. The number of benzene rings is 2. The van der Waals surface area contributed by atoms with E-state index >= 15 is 0 Å². The van der Waals surface area contributed by atoms with Gasteiger partial charge in [0.25, 0.3) is 0 Å². The molecule has 2 aromatic carbocycles. The van der Waals surface area contributed by atoms with Crippen LogP contribution in [0, 0.1) is 5.92 Å². The zero-order valence-electron chi connectivity index (χ0n) is 20.5. The molecule has 1 fully saturated rings. The third-order valence-electron chi connectivity index (χ3n) is 6.16. The molecule has 0 spiro atoms. The summed E-state index contributed by atoms with van der Waals surface area (Å²) in [7, 11) is -2.32. The smallest absolute Gasteiger partial charge is 0.320 e. The quantitative estimate of drug-likeness (QED) is 0.305. The molecule has 0 bridgehead atoms. The molecule has 3 aromatic rings. The normalized spacial score (nSPS) is 17.6. The van der Waals surface area contributed by atoms with Crippen LogP contribution in [-0.4, -0.2) is 43.9 Å². The van der Waals surface area contributed by atoms with Crippen molar-refractivity contribution in [3.63, 3.8) is 0 Å². The van der Waals surface area contributed by atoms with Crippen LogP contribution in [0.2, 0.25) is 0 Å². The number of methoxy groups -OCH3 is 1. The second-order valence-electron chi connectivity index (χ2n) is 8.90. The molecule has 11 nitrogen and oxygen atoms in total. The van der Waals surface area contributed by atoms with Gasteiger partial charge in [0.05, 0.1) is 19.1 Å². The molecule has 1 aliphatic rings. The largest absolute Gasteiger partial charge is 0.469 e. The molecule has 4 rings (SSSR count). The van der Waals surface area contributed by atoms with Crippen molar-refractivity contribution >= 4 is 39.4 Å². The lowest BCUT2D eigenvalue weighted by Crippen LogP contribution is -2.17. The Morgan fingerprint density at radius 3 is 2.41 bits per heavy atom. The maximum Gasteiger partial charge on any atom is 0.320 e. The van der Waals surface area contributed by atoms with E-state index in [1.807, 2.05) is 24.3 Å². The van der Waals surface area contributed by atoms with Gasteiger partial charge in [0.15, 0.2) is 5.75 Å². The molecule has 0 radical (unpaired) electrons. The first-order valence-electron chi connectivity index (χ1n) is 11.8. The summed E-state index contributed by atoms with van der Waals surface area (Å²) in [5.41, 5.74) is 2.04. The van der Waals surface area contributed by atoms with E-state index < -0.39 is 16.0 Å². The number of rotatable bonds is 9. The van der Waals surface area contributed by atoms with Crippen molar-refractivity contribution in [2.75, 3.05) is 24.0 Å². The first kappa shape index (κ1) is 26.1. The van der Waals surface area contributed by atoms with Gasteiger partial charge in [0, 0.05) is 12.1 Å². The van der Waals surface area contributed by atoms with Crippen LogP contribution in [-0.2, 0) is 19.6 Å². The molecular formula is C25H28N4O7S. The van der Waals surface area contributed by atoms with Crippen molar-refractivity contribution in [2.45, 2.75) is 38.0 Å². The van der Waals surface area contributed by atoms with E-state index in [9.17, 15) is 18.0 Å². The molecule has 1 heterocycles. The van der Waals surface area contributed by atoms with Crippen LogP contribution in [0.25, 0.3) is 0 Å². The topological polar surface area (TPSA) is 150 Å². The molecule has 0 unspecified atom stereocenters. The van der Waals surface area contributed by atoms with Crippen LogP contribution in [0.4, 0.5) is 17.4 Å². The average Bonchev–Trinajstić information content (AvgIpc) is 3.34. The maximum absolute atomic E-state index is 12.6. The fourth-order valence-corrected chi connectivity index (χ4v) is 4.80. The Balaban J connectivity index is 1.33. The average molecular weight is 529 g/mol. The van der Waals surface area contributed by atoms with Crippen LogP contribution in [0.5, 0.6) is 5.75 Å². The van der Waals surface area contributed by atoms with Gasteiger partial charge in [-0.25, -0.2) is 0 Å². The monoisotopic (exact) mass is 528 g/mol. The van der Waals surface area contributed by atoms with Gasteiger partial charge in [0.2, 0.25) is 0 Å². The number of ether oxygens (including phenoxy) is 1. The Bertz CT molecular complexity index is 1350. The summed E-state index contributed by atoms with van der Waals surface area (Å²) in [4.78, 5) is 24.1. The Hall–Kier alpha value is -3.93. The Morgan fingerprint density at radius 2 is 1.73 bits per heavy atom. The Morgan fingerprint density at radius 1 is 1.03 bits per heavy atom. The lowest BCUT2D eigenvalue weighted by Gasteiger charge is -2.28. The molecule has 2 N–H and O–H groups in total. The number of para-hydroxylation sites is 2. The van der Waals surface area contributed by atoms with Crippen molar-refractivity contribution in [3.8, 4) is 5.75 Å². The fraction of sp³-hybridized carbons (Fsp3) is 0.360. The molecule has 12 heteroatoms. The highest BCUT2D eigenvalue weighted by Crippen LogP contribution is 2.37. The number of carbonyl (C=O) groups excluding carboxylic acids is 2. The molecular weight excluding hydrogens is 500 g/mol. The first-order valence-corrected chi connectivity index (χ1v) is 13.6. The van der Waals surface area contributed by atoms with Crippen LogP contribution in [0.1, 0.15) is 54.3 Å². The summed E-state index contributed by atoms with van der Waals surface area (Å²) in [5, 5.41) is 13.0. The summed E-state index contributed by atoms with van der Waals surface area (Å²) in [6, 6.07) is 13.8. The summed E-state index contributed by atoms with van der Waals surface area (Å²) in [6.07, 6.45) is 5.38. The van der Waals surface area contributed by atoms with Crippen LogP contribution in [0.15, 0.2) is 52.9 Å². The van der Waals surface area contributed by atoms with E-state index in [4.69, 9.17) is 13.3 Å². The lowest BCUT2D eigenvalue weighted by atomic mass is 9.77. The van der Waals surface area contributed by atoms with E-state index in [2.05, 4.69) is 20.8 Å². The fourth-order valence-electron chi connectivity index (χ4n) is 4.33. The molecule has 1 amide bonds. The minimum Gasteiger partial charge on any atom is -0.469 e. The summed E-state index contributed by atoms with van der Waals surface area (Å²) >= 11 is 0. The van der Waals surface area contributed by atoms with Gasteiger partial charge in [-0.15, -0.1) is 5.10 Å². The third kappa shape index (κ3) is 7.29. The molecule has 37 heavy (non-hydrogen) atoms. The van der Waals surface area contributed by atoms with Crippen molar-refractivity contribution in [1.29, 1.82) is 0 Å². The van der Waals surface area contributed by atoms with E-state index in [-0.39, 0.29) is 29.3 Å². The van der Waals surface area contributed by atoms with E-state index in [1.54, 1.807) is 18.2 Å². The minimum atomic E-state index is -3.74. The summed E-state index contributed by atoms with van der Waals surface area (Å²) in [5.74, 6) is -0.173. The molecule has 0 aliphatic heterocycles. The third-order valence-corrected chi connectivity index (χ3v) is 6.64. The van der Waals surface area contributed by atoms with E-state index in [0.717, 1.165) is 31.9 Å². The molecule has 196 valence electrons. The predicted molar refractivity (Wildman–Crippen MR) is 135 cm³/mol. The van der Waals surface area contributed by atoms with Gasteiger partial charge >= 0.3 is 33.9 Å². The Labute approximate surface area is 214 Å². The maximum atomic E-state index is 12.6.